The van der Waals surface area contributed by atoms with Crippen LogP contribution in [0.15, 0.2) is 24.5 Å². The lowest BCUT2D eigenvalue weighted by molar-refractivity contribution is -0.147. The summed E-state index contributed by atoms with van der Waals surface area (Å²) in [6.07, 6.45) is 4.94. The molecule has 6 nitrogen and oxygen atoms in total. The molecule has 6 heteroatoms. The third-order valence-corrected chi connectivity index (χ3v) is 3.74. The van der Waals surface area contributed by atoms with Gasteiger partial charge < -0.3 is 15.0 Å². The van der Waals surface area contributed by atoms with Crippen LogP contribution < -0.4 is 0 Å². The number of pyridine rings is 1. The number of amides is 1. The number of H-pyrrole nitrogens is 1. The van der Waals surface area contributed by atoms with E-state index in [1.54, 1.807) is 12.4 Å². The van der Waals surface area contributed by atoms with Crippen molar-refractivity contribution in [1.82, 2.24) is 14.9 Å². The number of hydrogen-bond donors (Lipinski definition) is 2. The average molecular weight is 273 g/mol. The Morgan fingerprint density at radius 1 is 1.50 bits per heavy atom. The van der Waals surface area contributed by atoms with E-state index in [9.17, 15) is 9.59 Å². The van der Waals surface area contributed by atoms with Crippen molar-refractivity contribution in [2.24, 2.45) is 0 Å². The van der Waals surface area contributed by atoms with Crippen LogP contribution in [-0.4, -0.2) is 44.4 Å². The lowest BCUT2D eigenvalue weighted by atomic mass is 10.1. The van der Waals surface area contributed by atoms with E-state index < -0.39 is 12.0 Å². The zero-order chi connectivity index (χ0) is 14.1. The summed E-state index contributed by atoms with van der Waals surface area (Å²) < 4.78 is 0. The fourth-order valence-corrected chi connectivity index (χ4v) is 2.75. The van der Waals surface area contributed by atoms with Gasteiger partial charge in [0.05, 0.1) is 6.42 Å². The van der Waals surface area contributed by atoms with Crippen molar-refractivity contribution in [3.8, 4) is 0 Å². The van der Waals surface area contributed by atoms with Crippen molar-refractivity contribution < 1.29 is 14.7 Å². The summed E-state index contributed by atoms with van der Waals surface area (Å²) in [4.78, 5) is 32.1. The van der Waals surface area contributed by atoms with Gasteiger partial charge in [0.2, 0.25) is 5.91 Å². The van der Waals surface area contributed by atoms with Gasteiger partial charge in [0.15, 0.2) is 0 Å². The number of likely N-dealkylation sites (tertiary alicyclic amines) is 1. The molecule has 3 rings (SSSR count). The number of rotatable bonds is 3. The summed E-state index contributed by atoms with van der Waals surface area (Å²) in [6.45, 7) is 0.524. The molecule has 1 aliphatic heterocycles. The van der Waals surface area contributed by atoms with E-state index in [0.717, 1.165) is 23.0 Å². The van der Waals surface area contributed by atoms with Crippen LogP contribution in [-0.2, 0) is 16.0 Å². The van der Waals surface area contributed by atoms with E-state index in [0.29, 0.717) is 13.0 Å². The van der Waals surface area contributed by atoms with E-state index in [4.69, 9.17) is 5.11 Å². The molecule has 1 amide bonds. The molecule has 0 aromatic carbocycles. The number of aromatic nitrogens is 2. The van der Waals surface area contributed by atoms with E-state index in [-0.39, 0.29) is 12.3 Å². The maximum atomic E-state index is 12.3. The molecule has 3 heterocycles. The van der Waals surface area contributed by atoms with Gasteiger partial charge in [0.1, 0.15) is 11.7 Å². The lowest BCUT2D eigenvalue weighted by Crippen LogP contribution is -2.41. The summed E-state index contributed by atoms with van der Waals surface area (Å²) >= 11 is 0. The second-order valence-corrected chi connectivity index (χ2v) is 4.97. The second-order valence-electron chi connectivity index (χ2n) is 4.97. The van der Waals surface area contributed by atoms with E-state index in [1.165, 1.54) is 4.90 Å². The molecule has 2 N–H and O–H groups in total. The van der Waals surface area contributed by atoms with Gasteiger partial charge in [-0.3, -0.25) is 4.79 Å². The molecular weight excluding hydrogens is 258 g/mol. The molecule has 1 atom stereocenters. The fraction of sp³-hybridized carbons (Fsp3) is 0.357. The summed E-state index contributed by atoms with van der Waals surface area (Å²) in [5.41, 5.74) is 1.60. The first kappa shape index (κ1) is 12.7. The first-order valence-corrected chi connectivity index (χ1v) is 6.60. The van der Waals surface area contributed by atoms with Crippen LogP contribution in [0.25, 0.3) is 11.0 Å². The summed E-state index contributed by atoms with van der Waals surface area (Å²) in [5, 5.41) is 10.0. The standard InChI is InChI=1S/C14H15N3O3/c18-12(17-6-2-4-11(17)14(19)20)7-9-8-16-13-10(9)3-1-5-15-13/h1,3,5,8,11H,2,4,6-7H2,(H,15,16)(H,19,20)/t11-/m1/s1. The maximum absolute atomic E-state index is 12.3. The van der Waals surface area contributed by atoms with Crippen molar-refractivity contribution >= 4 is 22.9 Å². The van der Waals surface area contributed by atoms with Gasteiger partial charge in [-0.1, -0.05) is 0 Å². The topological polar surface area (TPSA) is 86.3 Å². The van der Waals surface area contributed by atoms with Gasteiger partial charge >= 0.3 is 5.97 Å². The largest absolute Gasteiger partial charge is 0.480 e. The Hall–Kier alpha value is -2.37. The van der Waals surface area contributed by atoms with Gasteiger partial charge in [-0.15, -0.1) is 0 Å². The van der Waals surface area contributed by atoms with Crippen molar-refractivity contribution in [1.29, 1.82) is 0 Å². The highest BCUT2D eigenvalue weighted by Gasteiger charge is 2.33. The van der Waals surface area contributed by atoms with Gasteiger partial charge in [0, 0.05) is 24.3 Å². The smallest absolute Gasteiger partial charge is 0.326 e. The average Bonchev–Trinajstić information content (AvgIpc) is 3.06. The normalized spacial score (nSPS) is 18.6. The molecule has 0 aliphatic carbocycles. The number of nitrogens with zero attached hydrogens (tertiary/aromatic N) is 2. The number of carboxylic acids is 1. The Kier molecular flexibility index (Phi) is 3.14. The van der Waals surface area contributed by atoms with Gasteiger partial charge in [0.25, 0.3) is 0 Å². The first-order valence-electron chi connectivity index (χ1n) is 6.60. The van der Waals surface area contributed by atoms with Gasteiger partial charge in [-0.05, 0) is 30.5 Å². The number of hydrogen-bond acceptors (Lipinski definition) is 3. The summed E-state index contributed by atoms with van der Waals surface area (Å²) in [5.74, 6) is -1.06. The van der Waals surface area contributed by atoms with Crippen molar-refractivity contribution in [3.63, 3.8) is 0 Å². The highest BCUT2D eigenvalue weighted by molar-refractivity contribution is 5.89. The van der Waals surface area contributed by atoms with Crippen LogP contribution in [0.5, 0.6) is 0 Å². The molecule has 1 saturated heterocycles. The molecular formula is C14H15N3O3. The maximum Gasteiger partial charge on any atom is 0.326 e. The highest BCUT2D eigenvalue weighted by Crippen LogP contribution is 2.21. The predicted octanol–water partition coefficient (Wildman–Crippen LogP) is 1.18. The van der Waals surface area contributed by atoms with Crippen molar-refractivity contribution in [2.75, 3.05) is 6.54 Å². The second kappa shape index (κ2) is 4.96. The highest BCUT2D eigenvalue weighted by atomic mass is 16.4. The molecule has 0 spiro atoms. The quantitative estimate of drug-likeness (QED) is 0.879. The first-order chi connectivity index (χ1) is 9.66. The SMILES string of the molecule is O=C(O)[C@H]1CCCN1C(=O)Cc1c[nH]c2ncccc12. The summed E-state index contributed by atoms with van der Waals surface area (Å²) in [7, 11) is 0. The lowest BCUT2D eigenvalue weighted by Gasteiger charge is -2.21. The van der Waals surface area contributed by atoms with Crippen LogP contribution in [0.2, 0.25) is 0 Å². The Labute approximate surface area is 115 Å². The number of aromatic amines is 1. The molecule has 104 valence electrons. The van der Waals surface area contributed by atoms with Crippen LogP contribution in [0.1, 0.15) is 18.4 Å². The Balaban J connectivity index is 1.80. The van der Waals surface area contributed by atoms with Crippen LogP contribution >= 0.6 is 0 Å². The monoisotopic (exact) mass is 273 g/mol. The molecule has 0 bridgehead atoms. The van der Waals surface area contributed by atoms with Gasteiger partial charge in [-0.2, -0.15) is 0 Å². The number of fused-ring (bicyclic) bond motifs is 1. The number of carbonyl (C=O) groups excluding carboxylic acids is 1. The zero-order valence-electron chi connectivity index (χ0n) is 10.9. The van der Waals surface area contributed by atoms with Crippen LogP contribution in [0.4, 0.5) is 0 Å². The van der Waals surface area contributed by atoms with E-state index >= 15 is 0 Å². The Bertz CT molecular complexity index is 664. The number of nitrogens with one attached hydrogen (secondary N) is 1. The summed E-state index contributed by atoms with van der Waals surface area (Å²) in [6, 6.07) is 3.05. The molecule has 1 aliphatic rings. The van der Waals surface area contributed by atoms with Gasteiger partial charge in [-0.25, -0.2) is 9.78 Å². The predicted molar refractivity (Wildman–Crippen MR) is 72.2 cm³/mol. The number of carbonyl (C=O) groups is 2. The minimum atomic E-state index is -0.920. The molecule has 20 heavy (non-hydrogen) atoms. The molecule has 1 fully saturated rings. The third-order valence-electron chi connectivity index (χ3n) is 3.74. The minimum Gasteiger partial charge on any atom is -0.480 e. The third kappa shape index (κ3) is 2.13. The van der Waals surface area contributed by atoms with Crippen molar-refractivity contribution in [3.05, 3.63) is 30.1 Å². The molecule has 0 unspecified atom stereocenters. The Morgan fingerprint density at radius 3 is 3.15 bits per heavy atom. The molecule has 2 aromatic heterocycles. The molecule has 0 saturated carbocycles. The molecule has 2 aromatic rings. The van der Waals surface area contributed by atoms with Crippen LogP contribution in [0, 0.1) is 0 Å². The van der Waals surface area contributed by atoms with Crippen LogP contribution in [0.3, 0.4) is 0 Å². The van der Waals surface area contributed by atoms with E-state index in [1.807, 2.05) is 12.1 Å². The molecule has 0 radical (unpaired) electrons. The zero-order valence-corrected chi connectivity index (χ0v) is 10.9. The fourth-order valence-electron chi connectivity index (χ4n) is 2.75. The minimum absolute atomic E-state index is 0.139. The van der Waals surface area contributed by atoms with Crippen molar-refractivity contribution in [2.45, 2.75) is 25.3 Å². The Morgan fingerprint density at radius 2 is 2.35 bits per heavy atom. The van der Waals surface area contributed by atoms with E-state index in [2.05, 4.69) is 9.97 Å². The number of carboxylic acid groups (broad SMARTS) is 1. The number of aliphatic carboxylic acids is 1.